The highest BCUT2D eigenvalue weighted by atomic mass is 32.2. The van der Waals surface area contributed by atoms with Crippen molar-refractivity contribution in [1.82, 2.24) is 0 Å². The van der Waals surface area contributed by atoms with E-state index in [0.717, 1.165) is 18.2 Å². The Kier molecular flexibility index (Phi) is 6.78. The Labute approximate surface area is 167 Å². The van der Waals surface area contributed by atoms with Crippen molar-refractivity contribution in [3.05, 3.63) is 53.6 Å². The molecule has 0 unspecified atom stereocenters. The molecule has 0 atom stereocenters. The Morgan fingerprint density at radius 3 is 2.17 bits per heavy atom. The van der Waals surface area contributed by atoms with Gasteiger partial charge < -0.3 is 10.1 Å². The van der Waals surface area contributed by atoms with Gasteiger partial charge in [0.1, 0.15) is 5.75 Å². The lowest BCUT2D eigenvalue weighted by Gasteiger charge is -2.15. The molecule has 2 aromatic rings. The number of carbonyl (C=O) groups excluding carboxylic acids is 1. The molecule has 0 heterocycles. The fourth-order valence-electron chi connectivity index (χ4n) is 2.28. The van der Waals surface area contributed by atoms with E-state index in [4.69, 9.17) is 4.74 Å². The third-order valence-electron chi connectivity index (χ3n) is 3.87. The zero-order valence-electron chi connectivity index (χ0n) is 16.0. The van der Waals surface area contributed by atoms with Crippen LogP contribution >= 0.6 is 0 Å². The Morgan fingerprint density at radius 2 is 1.66 bits per heavy atom. The zero-order chi connectivity index (χ0) is 21.8. The van der Waals surface area contributed by atoms with E-state index in [1.165, 1.54) is 38.1 Å². The first-order chi connectivity index (χ1) is 13.4. The van der Waals surface area contributed by atoms with Crippen LogP contribution in [-0.4, -0.2) is 26.2 Å². The number of hydrogen-bond donors (Lipinski definition) is 2. The fraction of sp³-hybridized carbons (Fsp3) is 0.316. The first-order valence-electron chi connectivity index (χ1n) is 8.71. The summed E-state index contributed by atoms with van der Waals surface area (Å²) < 4.78 is 70.2. The molecule has 2 aromatic carbocycles. The third-order valence-corrected chi connectivity index (χ3v) is 5.63. The van der Waals surface area contributed by atoms with Crippen molar-refractivity contribution < 1.29 is 31.1 Å². The maximum Gasteiger partial charge on any atom is 0.419 e. The lowest BCUT2D eigenvalue weighted by molar-refractivity contribution is -0.138. The van der Waals surface area contributed by atoms with Crippen LogP contribution in [0.2, 0.25) is 0 Å². The summed E-state index contributed by atoms with van der Waals surface area (Å²) in [6, 6.07) is 8.73. The van der Waals surface area contributed by atoms with Crippen molar-refractivity contribution in [3.63, 3.8) is 0 Å². The van der Waals surface area contributed by atoms with Gasteiger partial charge in [0.25, 0.3) is 5.91 Å². The van der Waals surface area contributed by atoms with Gasteiger partial charge in [-0.1, -0.05) is 0 Å². The van der Waals surface area contributed by atoms with E-state index in [1.54, 1.807) is 6.92 Å². The second kappa shape index (κ2) is 8.73. The second-order valence-electron chi connectivity index (χ2n) is 6.37. The standard InChI is InChI=1S/C19H21F3N2O4S/c1-4-28-17-11-15(9-10-16(17)19(20,21)22)23-18(25)13-5-7-14(8-6-13)24-29(26,27)12(2)3/h5-12,24H,4H2,1-3H3,(H,23,25). The quantitative estimate of drug-likeness (QED) is 0.677. The molecule has 0 saturated carbocycles. The number of amides is 1. The molecule has 2 rings (SSSR count). The van der Waals surface area contributed by atoms with Gasteiger partial charge in [0.2, 0.25) is 10.0 Å². The molecule has 0 aromatic heterocycles. The molecule has 2 N–H and O–H groups in total. The monoisotopic (exact) mass is 430 g/mol. The molecule has 0 spiro atoms. The molecule has 0 aliphatic heterocycles. The third kappa shape index (κ3) is 5.86. The van der Waals surface area contributed by atoms with Crippen molar-refractivity contribution in [2.75, 3.05) is 16.6 Å². The highest BCUT2D eigenvalue weighted by Crippen LogP contribution is 2.37. The molecule has 158 valence electrons. The van der Waals surface area contributed by atoms with E-state index in [9.17, 15) is 26.4 Å². The number of alkyl halides is 3. The van der Waals surface area contributed by atoms with Crippen LogP contribution < -0.4 is 14.8 Å². The summed E-state index contributed by atoms with van der Waals surface area (Å²) in [7, 11) is -3.52. The van der Waals surface area contributed by atoms with Crippen molar-refractivity contribution >= 4 is 27.3 Å². The predicted octanol–water partition coefficient (Wildman–Crippen LogP) is 4.51. The Bertz CT molecular complexity index is 972. The molecule has 0 radical (unpaired) electrons. The minimum Gasteiger partial charge on any atom is -0.493 e. The van der Waals surface area contributed by atoms with E-state index in [2.05, 4.69) is 10.0 Å². The maximum atomic E-state index is 13.0. The summed E-state index contributed by atoms with van der Waals surface area (Å²) in [5, 5.41) is 1.88. The summed E-state index contributed by atoms with van der Waals surface area (Å²) >= 11 is 0. The van der Waals surface area contributed by atoms with Crippen molar-refractivity contribution in [2.24, 2.45) is 0 Å². The average Bonchev–Trinajstić information content (AvgIpc) is 2.61. The number of hydrogen-bond acceptors (Lipinski definition) is 4. The predicted molar refractivity (Wildman–Crippen MR) is 105 cm³/mol. The number of anilines is 2. The van der Waals surface area contributed by atoms with Crippen molar-refractivity contribution in [3.8, 4) is 5.75 Å². The van der Waals surface area contributed by atoms with E-state index >= 15 is 0 Å². The first kappa shape index (κ1) is 22.5. The smallest absolute Gasteiger partial charge is 0.419 e. The van der Waals surface area contributed by atoms with Crippen LogP contribution in [0.1, 0.15) is 36.7 Å². The molecule has 0 saturated heterocycles. The van der Waals surface area contributed by atoms with Gasteiger partial charge in [0, 0.05) is 23.0 Å². The number of sulfonamides is 1. The van der Waals surface area contributed by atoms with Crippen LogP contribution in [-0.2, 0) is 16.2 Å². The lowest BCUT2D eigenvalue weighted by Crippen LogP contribution is -2.22. The molecule has 1 amide bonds. The zero-order valence-corrected chi connectivity index (χ0v) is 16.8. The van der Waals surface area contributed by atoms with E-state index in [1.807, 2.05) is 0 Å². The first-order valence-corrected chi connectivity index (χ1v) is 10.3. The second-order valence-corrected chi connectivity index (χ2v) is 8.61. The van der Waals surface area contributed by atoms with Crippen LogP contribution in [0.15, 0.2) is 42.5 Å². The van der Waals surface area contributed by atoms with Gasteiger partial charge in [-0.25, -0.2) is 8.42 Å². The SMILES string of the molecule is CCOc1cc(NC(=O)c2ccc(NS(=O)(=O)C(C)C)cc2)ccc1C(F)(F)F. The Balaban J connectivity index is 2.17. The van der Waals surface area contributed by atoms with Crippen LogP contribution in [0, 0.1) is 0 Å². The molecule has 0 aliphatic rings. The topological polar surface area (TPSA) is 84.5 Å². The van der Waals surface area contributed by atoms with Gasteiger partial charge in [-0.05, 0) is 57.2 Å². The van der Waals surface area contributed by atoms with Gasteiger partial charge in [0.05, 0.1) is 17.4 Å². The number of nitrogens with one attached hydrogen (secondary N) is 2. The van der Waals surface area contributed by atoms with Crippen LogP contribution in [0.4, 0.5) is 24.5 Å². The number of benzene rings is 2. The Morgan fingerprint density at radius 1 is 1.07 bits per heavy atom. The van der Waals surface area contributed by atoms with Crippen LogP contribution in [0.5, 0.6) is 5.75 Å². The van der Waals surface area contributed by atoms with Crippen LogP contribution in [0.3, 0.4) is 0 Å². The van der Waals surface area contributed by atoms with Gasteiger partial charge in [0.15, 0.2) is 0 Å². The molecular weight excluding hydrogens is 409 g/mol. The number of carbonyl (C=O) groups is 1. The largest absolute Gasteiger partial charge is 0.493 e. The van der Waals surface area contributed by atoms with E-state index < -0.39 is 32.9 Å². The average molecular weight is 430 g/mol. The summed E-state index contributed by atoms with van der Waals surface area (Å²) in [4.78, 5) is 12.4. The summed E-state index contributed by atoms with van der Waals surface area (Å²) in [6.07, 6.45) is -4.58. The Hall–Kier alpha value is -2.75. The maximum absolute atomic E-state index is 13.0. The minimum atomic E-state index is -4.58. The van der Waals surface area contributed by atoms with Gasteiger partial charge in [-0.15, -0.1) is 0 Å². The van der Waals surface area contributed by atoms with Crippen LogP contribution in [0.25, 0.3) is 0 Å². The highest BCUT2D eigenvalue weighted by molar-refractivity contribution is 7.93. The molecule has 0 aliphatic carbocycles. The molecule has 0 bridgehead atoms. The molecule has 6 nitrogen and oxygen atoms in total. The molecule has 29 heavy (non-hydrogen) atoms. The lowest BCUT2D eigenvalue weighted by atomic mass is 10.1. The van der Waals surface area contributed by atoms with E-state index in [0.29, 0.717) is 5.69 Å². The molecular formula is C19H21F3N2O4S. The normalized spacial score (nSPS) is 12.0. The molecule has 0 fully saturated rings. The fourth-order valence-corrected chi connectivity index (χ4v) is 2.98. The number of halogens is 3. The molecule has 10 heteroatoms. The number of rotatable bonds is 7. The van der Waals surface area contributed by atoms with Gasteiger partial charge in [-0.2, -0.15) is 13.2 Å². The van der Waals surface area contributed by atoms with E-state index in [-0.39, 0.29) is 23.6 Å². The summed E-state index contributed by atoms with van der Waals surface area (Å²) in [5.41, 5.74) is -0.297. The minimum absolute atomic E-state index is 0.0359. The van der Waals surface area contributed by atoms with Gasteiger partial charge >= 0.3 is 6.18 Å². The number of ether oxygens (including phenoxy) is 1. The van der Waals surface area contributed by atoms with Crippen molar-refractivity contribution in [1.29, 1.82) is 0 Å². The van der Waals surface area contributed by atoms with Gasteiger partial charge in [-0.3, -0.25) is 9.52 Å². The summed E-state index contributed by atoms with van der Waals surface area (Å²) in [5.74, 6) is -0.943. The highest BCUT2D eigenvalue weighted by Gasteiger charge is 2.34. The summed E-state index contributed by atoms with van der Waals surface area (Å²) in [6.45, 7) is 4.66. The van der Waals surface area contributed by atoms with Crippen molar-refractivity contribution in [2.45, 2.75) is 32.2 Å².